The number of carbonyl (C=O) groups is 1. The predicted molar refractivity (Wildman–Crippen MR) is 51.6 cm³/mol. The van der Waals surface area contributed by atoms with Gasteiger partial charge in [-0.25, -0.2) is 0 Å². The molecule has 0 aromatic rings. The molecule has 0 rings (SSSR count). The molecule has 0 radical (unpaired) electrons. The maximum absolute atomic E-state index is 10.5. The number of carbonyl (C=O) groups excluding carboxylic acids is 1. The second-order valence-corrected chi connectivity index (χ2v) is 3.33. The summed E-state index contributed by atoms with van der Waals surface area (Å²) in [6.45, 7) is 3.24. The van der Waals surface area contributed by atoms with E-state index in [2.05, 4.69) is 0 Å². The highest BCUT2D eigenvalue weighted by Gasteiger charge is 2.05. The summed E-state index contributed by atoms with van der Waals surface area (Å²) in [4.78, 5) is 20.2. The quantitative estimate of drug-likeness (QED) is 0.273. The Kier molecular flexibility index (Phi) is 6.70. The minimum Gasteiger partial charge on any atom is -0.463 e. The van der Waals surface area contributed by atoms with E-state index in [1.165, 1.54) is 6.92 Å². The molecule has 0 heterocycles. The van der Waals surface area contributed by atoms with Crippen LogP contribution in [0.1, 0.15) is 39.5 Å². The van der Waals surface area contributed by atoms with Gasteiger partial charge in [-0.15, -0.1) is 0 Å². The predicted octanol–water partition coefficient (Wildman–Crippen LogP) is 1.78. The van der Waals surface area contributed by atoms with Gasteiger partial charge in [0.25, 0.3) is 0 Å². The zero-order valence-corrected chi connectivity index (χ0v) is 8.69. The van der Waals surface area contributed by atoms with E-state index in [0.717, 1.165) is 19.3 Å². The van der Waals surface area contributed by atoms with Crippen molar-refractivity contribution in [1.29, 1.82) is 0 Å². The number of hydrogen-bond donors (Lipinski definition) is 0. The molecule has 0 aliphatic carbocycles. The number of esters is 1. The van der Waals surface area contributed by atoms with Crippen LogP contribution in [0.25, 0.3) is 0 Å². The average Bonchev–Trinajstić information content (AvgIpc) is 2.01. The zero-order chi connectivity index (χ0) is 11.0. The standard InChI is InChI=1S/C9H17NO4/c1-8(14-9(2)11)6-4-3-5-7-10(12)13/h8H,3-7H2,1-2H3. The fourth-order valence-electron chi connectivity index (χ4n) is 1.19. The molecule has 1 atom stereocenters. The highest BCUT2D eigenvalue weighted by atomic mass is 16.6. The molecule has 82 valence electrons. The Morgan fingerprint density at radius 1 is 1.43 bits per heavy atom. The molecule has 0 aliphatic heterocycles. The molecule has 0 saturated carbocycles. The molecule has 0 aliphatic rings. The molecule has 0 amide bonds. The maximum atomic E-state index is 10.5. The number of nitrogens with zero attached hydrogens (tertiary/aromatic N) is 1. The first kappa shape index (κ1) is 12.9. The van der Waals surface area contributed by atoms with Crippen LogP contribution in [-0.4, -0.2) is 23.5 Å². The average molecular weight is 203 g/mol. The summed E-state index contributed by atoms with van der Waals surface area (Å²) in [5.41, 5.74) is 0. The van der Waals surface area contributed by atoms with Crippen LogP contribution in [-0.2, 0) is 9.53 Å². The van der Waals surface area contributed by atoms with Crippen molar-refractivity contribution in [3.8, 4) is 0 Å². The van der Waals surface area contributed by atoms with E-state index >= 15 is 0 Å². The largest absolute Gasteiger partial charge is 0.463 e. The molecule has 0 aromatic heterocycles. The molecular weight excluding hydrogens is 186 g/mol. The van der Waals surface area contributed by atoms with Crippen molar-refractivity contribution in [2.24, 2.45) is 0 Å². The summed E-state index contributed by atoms with van der Waals surface area (Å²) < 4.78 is 4.91. The molecule has 0 N–H and O–H groups in total. The number of unbranched alkanes of at least 4 members (excludes halogenated alkanes) is 2. The minimum atomic E-state index is -0.310. The summed E-state index contributed by atoms with van der Waals surface area (Å²) in [7, 11) is 0. The molecule has 5 heteroatoms. The highest BCUT2D eigenvalue weighted by molar-refractivity contribution is 5.66. The Morgan fingerprint density at radius 2 is 2.07 bits per heavy atom. The van der Waals surface area contributed by atoms with E-state index in [1.807, 2.05) is 6.92 Å². The Balaban J connectivity index is 3.27. The van der Waals surface area contributed by atoms with Crippen molar-refractivity contribution < 1.29 is 14.5 Å². The molecular formula is C9H17NO4. The van der Waals surface area contributed by atoms with Crippen LogP contribution in [0.5, 0.6) is 0 Å². The van der Waals surface area contributed by atoms with Crippen LogP contribution < -0.4 is 0 Å². The van der Waals surface area contributed by atoms with Crippen molar-refractivity contribution >= 4 is 5.97 Å². The van der Waals surface area contributed by atoms with Gasteiger partial charge in [0, 0.05) is 18.3 Å². The molecule has 0 aromatic carbocycles. The van der Waals surface area contributed by atoms with E-state index in [0.29, 0.717) is 6.42 Å². The first-order valence-electron chi connectivity index (χ1n) is 4.81. The molecule has 5 nitrogen and oxygen atoms in total. The monoisotopic (exact) mass is 203 g/mol. The Bertz CT molecular complexity index is 193. The summed E-state index contributed by atoms with van der Waals surface area (Å²) in [6.07, 6.45) is 2.97. The molecule has 0 fully saturated rings. The van der Waals surface area contributed by atoms with Gasteiger partial charge in [-0.2, -0.15) is 0 Å². The minimum absolute atomic E-state index is 0.0297. The van der Waals surface area contributed by atoms with Gasteiger partial charge in [-0.05, 0) is 26.2 Å². The smallest absolute Gasteiger partial charge is 0.302 e. The second kappa shape index (κ2) is 7.29. The molecule has 0 saturated heterocycles. The number of nitro groups is 1. The lowest BCUT2D eigenvalue weighted by Gasteiger charge is -2.10. The van der Waals surface area contributed by atoms with Gasteiger partial charge in [0.1, 0.15) is 0 Å². The van der Waals surface area contributed by atoms with Gasteiger partial charge in [0.05, 0.1) is 6.10 Å². The van der Waals surface area contributed by atoms with Crippen molar-refractivity contribution in [3.63, 3.8) is 0 Å². The molecule has 0 spiro atoms. The molecule has 0 bridgehead atoms. The van der Waals surface area contributed by atoms with E-state index in [1.54, 1.807) is 0 Å². The van der Waals surface area contributed by atoms with E-state index in [-0.39, 0.29) is 23.5 Å². The zero-order valence-electron chi connectivity index (χ0n) is 8.69. The third kappa shape index (κ3) is 8.96. The number of hydrogen-bond acceptors (Lipinski definition) is 4. The Morgan fingerprint density at radius 3 is 2.57 bits per heavy atom. The lowest BCUT2D eigenvalue weighted by Crippen LogP contribution is -2.12. The summed E-state index contributed by atoms with van der Waals surface area (Å²) >= 11 is 0. The van der Waals surface area contributed by atoms with Crippen LogP contribution in [0.4, 0.5) is 0 Å². The van der Waals surface area contributed by atoms with Crippen LogP contribution in [0.15, 0.2) is 0 Å². The fraction of sp³-hybridized carbons (Fsp3) is 0.889. The fourth-order valence-corrected chi connectivity index (χ4v) is 1.19. The SMILES string of the molecule is CC(=O)OC(C)CCCCC[N+](=O)[O-]. The van der Waals surface area contributed by atoms with Gasteiger partial charge in [-0.1, -0.05) is 0 Å². The van der Waals surface area contributed by atoms with Crippen molar-refractivity contribution in [2.45, 2.75) is 45.6 Å². The van der Waals surface area contributed by atoms with E-state index in [9.17, 15) is 14.9 Å². The number of rotatable bonds is 7. The Hall–Kier alpha value is -1.13. The lowest BCUT2D eigenvalue weighted by molar-refractivity contribution is -0.480. The summed E-state index contributed by atoms with van der Waals surface area (Å²) in [6, 6.07) is 0. The van der Waals surface area contributed by atoms with Gasteiger partial charge in [0.15, 0.2) is 0 Å². The van der Waals surface area contributed by atoms with Crippen molar-refractivity contribution in [1.82, 2.24) is 0 Å². The van der Waals surface area contributed by atoms with Crippen LogP contribution in [0.2, 0.25) is 0 Å². The number of ether oxygens (including phenoxy) is 1. The molecule has 14 heavy (non-hydrogen) atoms. The third-order valence-corrected chi connectivity index (χ3v) is 1.82. The first-order valence-corrected chi connectivity index (χ1v) is 4.81. The second-order valence-electron chi connectivity index (χ2n) is 3.33. The maximum Gasteiger partial charge on any atom is 0.302 e. The van der Waals surface area contributed by atoms with Gasteiger partial charge in [0.2, 0.25) is 6.54 Å². The third-order valence-electron chi connectivity index (χ3n) is 1.82. The Labute approximate surface area is 83.6 Å². The lowest BCUT2D eigenvalue weighted by atomic mass is 10.1. The van der Waals surface area contributed by atoms with Crippen LogP contribution in [0.3, 0.4) is 0 Å². The van der Waals surface area contributed by atoms with E-state index < -0.39 is 0 Å². The topological polar surface area (TPSA) is 69.4 Å². The van der Waals surface area contributed by atoms with Crippen LogP contribution >= 0.6 is 0 Å². The van der Waals surface area contributed by atoms with E-state index in [4.69, 9.17) is 4.74 Å². The van der Waals surface area contributed by atoms with Crippen LogP contribution in [0, 0.1) is 10.1 Å². The van der Waals surface area contributed by atoms with Gasteiger partial charge in [-0.3, -0.25) is 14.9 Å². The highest BCUT2D eigenvalue weighted by Crippen LogP contribution is 2.06. The summed E-state index contributed by atoms with van der Waals surface area (Å²) in [5, 5.41) is 9.98. The molecule has 1 unspecified atom stereocenters. The first-order chi connectivity index (χ1) is 6.52. The summed E-state index contributed by atoms with van der Waals surface area (Å²) in [5.74, 6) is -0.275. The van der Waals surface area contributed by atoms with Crippen molar-refractivity contribution in [2.75, 3.05) is 6.54 Å². The van der Waals surface area contributed by atoms with Gasteiger partial charge >= 0.3 is 5.97 Å². The normalized spacial score (nSPS) is 12.1. The van der Waals surface area contributed by atoms with Crippen molar-refractivity contribution in [3.05, 3.63) is 10.1 Å². The van der Waals surface area contributed by atoms with Gasteiger partial charge < -0.3 is 4.74 Å².